The predicted octanol–water partition coefficient (Wildman–Crippen LogP) is 4.63. The van der Waals surface area contributed by atoms with Gasteiger partial charge in [-0.2, -0.15) is 0 Å². The molecule has 140 valence electrons. The molecule has 0 fully saturated rings. The lowest BCUT2D eigenvalue weighted by Crippen LogP contribution is -1.92. The third-order valence-electron chi connectivity index (χ3n) is 4.84. The third kappa shape index (κ3) is 3.10. The Hall–Kier alpha value is -4.06. The first-order valence-electron chi connectivity index (χ1n) is 9.18. The lowest BCUT2D eigenvalue weighted by atomic mass is 10.1. The molecule has 0 N–H and O–H groups in total. The summed E-state index contributed by atoms with van der Waals surface area (Å²) in [5, 5.41) is 2.30. The highest BCUT2D eigenvalue weighted by Crippen LogP contribution is 2.28. The molecular formula is C23H17N5O. The van der Waals surface area contributed by atoms with Gasteiger partial charge in [-0.3, -0.25) is 0 Å². The minimum Gasteiger partial charge on any atom is -0.446 e. The lowest BCUT2D eigenvalue weighted by Gasteiger charge is -2.06. The van der Waals surface area contributed by atoms with Crippen molar-refractivity contribution in [3.05, 3.63) is 85.4 Å². The number of fused-ring (bicyclic) bond motifs is 3. The number of para-hydroxylation sites is 1. The van der Waals surface area contributed by atoms with Gasteiger partial charge in [-0.15, -0.1) is 0 Å². The molecule has 0 atom stereocenters. The summed E-state index contributed by atoms with van der Waals surface area (Å²) in [6, 6.07) is 14.2. The quantitative estimate of drug-likeness (QED) is 0.426. The van der Waals surface area contributed by atoms with E-state index in [2.05, 4.69) is 42.7 Å². The van der Waals surface area contributed by atoms with Crippen LogP contribution in [0.3, 0.4) is 0 Å². The molecule has 0 saturated carbocycles. The van der Waals surface area contributed by atoms with Crippen molar-refractivity contribution in [3.63, 3.8) is 0 Å². The van der Waals surface area contributed by atoms with Gasteiger partial charge in [0.15, 0.2) is 0 Å². The minimum absolute atomic E-state index is 0.498. The van der Waals surface area contributed by atoms with Crippen molar-refractivity contribution in [2.45, 2.75) is 0 Å². The summed E-state index contributed by atoms with van der Waals surface area (Å²) in [7, 11) is 2.03. The van der Waals surface area contributed by atoms with Gasteiger partial charge in [0.05, 0.1) is 11.8 Å². The highest BCUT2D eigenvalue weighted by atomic mass is 16.5. The SMILES string of the molecule is Cn1c2ccccc2c2cc(/C=C\Oc3ncccc3-c3cncnc3)cnc21. The molecule has 5 rings (SSSR count). The van der Waals surface area contributed by atoms with Crippen LogP contribution < -0.4 is 4.74 Å². The highest BCUT2D eigenvalue weighted by molar-refractivity contribution is 6.07. The maximum absolute atomic E-state index is 5.82. The van der Waals surface area contributed by atoms with Gasteiger partial charge in [-0.1, -0.05) is 18.2 Å². The maximum Gasteiger partial charge on any atom is 0.226 e. The van der Waals surface area contributed by atoms with E-state index in [9.17, 15) is 0 Å². The van der Waals surface area contributed by atoms with Crippen molar-refractivity contribution in [2.75, 3.05) is 0 Å². The molecule has 6 nitrogen and oxygen atoms in total. The van der Waals surface area contributed by atoms with Crippen molar-refractivity contribution >= 4 is 28.0 Å². The number of nitrogens with zero attached hydrogens (tertiary/aromatic N) is 5. The second-order valence-electron chi connectivity index (χ2n) is 6.62. The molecule has 0 aliphatic rings. The van der Waals surface area contributed by atoms with Gasteiger partial charge in [0, 0.05) is 53.7 Å². The van der Waals surface area contributed by atoms with Gasteiger partial charge in [0.25, 0.3) is 0 Å². The number of aromatic nitrogens is 5. The van der Waals surface area contributed by atoms with Gasteiger partial charge in [-0.25, -0.2) is 19.9 Å². The van der Waals surface area contributed by atoms with Crippen LogP contribution in [0, 0.1) is 0 Å². The molecule has 5 aromatic rings. The molecule has 1 aromatic carbocycles. The van der Waals surface area contributed by atoms with E-state index in [1.807, 2.05) is 43.6 Å². The Bertz CT molecular complexity index is 1340. The average molecular weight is 379 g/mol. The molecule has 4 heterocycles. The standard InChI is InChI=1S/C23H17N5O/c1-28-21-7-3-2-5-19(21)20-11-16(12-27-22(20)28)8-10-29-23-18(6-4-9-26-23)17-13-24-15-25-14-17/h2-15H,1H3/b10-8-. The van der Waals surface area contributed by atoms with Crippen LogP contribution in [0.1, 0.15) is 5.56 Å². The summed E-state index contributed by atoms with van der Waals surface area (Å²) >= 11 is 0. The molecule has 0 amide bonds. The molecule has 0 unspecified atom stereocenters. The fourth-order valence-electron chi connectivity index (χ4n) is 3.46. The summed E-state index contributed by atoms with van der Waals surface area (Å²) in [5.74, 6) is 0.498. The topological polar surface area (TPSA) is 65.7 Å². The van der Waals surface area contributed by atoms with E-state index in [1.54, 1.807) is 24.9 Å². The van der Waals surface area contributed by atoms with Gasteiger partial charge < -0.3 is 9.30 Å². The number of ether oxygens (including phenoxy) is 1. The van der Waals surface area contributed by atoms with Crippen molar-refractivity contribution in [3.8, 4) is 17.0 Å². The number of benzene rings is 1. The molecule has 0 radical (unpaired) electrons. The molecule has 6 heteroatoms. The number of aryl methyl sites for hydroxylation is 1. The number of rotatable bonds is 4. The Labute approximate surface area is 167 Å². The highest BCUT2D eigenvalue weighted by Gasteiger charge is 2.09. The fraction of sp³-hybridized carbons (Fsp3) is 0.0435. The smallest absolute Gasteiger partial charge is 0.226 e. The monoisotopic (exact) mass is 379 g/mol. The zero-order valence-electron chi connectivity index (χ0n) is 15.7. The van der Waals surface area contributed by atoms with Crippen LogP contribution in [-0.4, -0.2) is 24.5 Å². The van der Waals surface area contributed by atoms with Crippen LogP contribution in [0.15, 0.2) is 79.8 Å². The Morgan fingerprint density at radius 2 is 1.79 bits per heavy atom. The van der Waals surface area contributed by atoms with E-state index >= 15 is 0 Å². The van der Waals surface area contributed by atoms with Crippen molar-refractivity contribution in [2.24, 2.45) is 7.05 Å². The van der Waals surface area contributed by atoms with Crippen molar-refractivity contribution in [1.82, 2.24) is 24.5 Å². The van der Waals surface area contributed by atoms with Gasteiger partial charge in [0.2, 0.25) is 5.88 Å². The number of hydrogen-bond donors (Lipinski definition) is 0. The van der Waals surface area contributed by atoms with E-state index in [4.69, 9.17) is 4.74 Å². The van der Waals surface area contributed by atoms with Crippen molar-refractivity contribution in [1.29, 1.82) is 0 Å². The summed E-state index contributed by atoms with van der Waals surface area (Å²) in [6.45, 7) is 0. The zero-order valence-corrected chi connectivity index (χ0v) is 15.7. The summed E-state index contributed by atoms with van der Waals surface area (Å²) < 4.78 is 7.93. The number of hydrogen-bond acceptors (Lipinski definition) is 5. The first-order valence-corrected chi connectivity index (χ1v) is 9.18. The lowest BCUT2D eigenvalue weighted by molar-refractivity contribution is 0.467. The minimum atomic E-state index is 0.498. The summed E-state index contributed by atoms with van der Waals surface area (Å²) in [5.41, 5.74) is 4.76. The summed E-state index contributed by atoms with van der Waals surface area (Å²) in [6.07, 6.45) is 12.0. The van der Waals surface area contributed by atoms with E-state index in [1.165, 1.54) is 11.7 Å². The van der Waals surface area contributed by atoms with Crippen LogP contribution in [0.4, 0.5) is 0 Å². The van der Waals surface area contributed by atoms with Crippen LogP contribution in [-0.2, 0) is 7.05 Å². The molecule has 29 heavy (non-hydrogen) atoms. The van der Waals surface area contributed by atoms with Crippen LogP contribution in [0.25, 0.3) is 39.1 Å². The van der Waals surface area contributed by atoms with Crippen molar-refractivity contribution < 1.29 is 4.74 Å². The van der Waals surface area contributed by atoms with E-state index < -0.39 is 0 Å². The second-order valence-corrected chi connectivity index (χ2v) is 6.62. The maximum atomic E-state index is 5.82. The molecule has 0 aliphatic heterocycles. The second kappa shape index (κ2) is 7.16. The van der Waals surface area contributed by atoms with E-state index in [-0.39, 0.29) is 0 Å². The predicted molar refractivity (Wildman–Crippen MR) is 113 cm³/mol. The first kappa shape index (κ1) is 17.1. The first-order chi connectivity index (χ1) is 14.3. The van der Waals surface area contributed by atoms with Gasteiger partial charge >= 0.3 is 0 Å². The molecule has 0 bridgehead atoms. The summed E-state index contributed by atoms with van der Waals surface area (Å²) in [4.78, 5) is 17.1. The largest absolute Gasteiger partial charge is 0.446 e. The van der Waals surface area contributed by atoms with E-state index in [0.717, 1.165) is 33.2 Å². The normalized spacial score (nSPS) is 11.5. The molecule has 0 saturated heterocycles. The van der Waals surface area contributed by atoms with Crippen LogP contribution in [0.2, 0.25) is 0 Å². The van der Waals surface area contributed by atoms with Gasteiger partial charge in [0.1, 0.15) is 12.0 Å². The Morgan fingerprint density at radius 3 is 2.69 bits per heavy atom. The zero-order chi connectivity index (χ0) is 19.6. The molecular weight excluding hydrogens is 362 g/mol. The van der Waals surface area contributed by atoms with Crippen LogP contribution in [0.5, 0.6) is 5.88 Å². The molecule has 0 aliphatic carbocycles. The Balaban J connectivity index is 1.46. The number of pyridine rings is 2. The Morgan fingerprint density at radius 1 is 0.931 bits per heavy atom. The third-order valence-corrected chi connectivity index (χ3v) is 4.84. The fourth-order valence-corrected chi connectivity index (χ4v) is 3.46. The average Bonchev–Trinajstić information content (AvgIpc) is 3.07. The van der Waals surface area contributed by atoms with Crippen LogP contribution >= 0.6 is 0 Å². The Kier molecular flexibility index (Phi) is 4.22. The molecule has 0 spiro atoms. The van der Waals surface area contributed by atoms with Gasteiger partial charge in [-0.05, 0) is 35.9 Å². The molecule has 4 aromatic heterocycles. The van der Waals surface area contributed by atoms with E-state index in [0.29, 0.717) is 5.88 Å².